The van der Waals surface area contributed by atoms with Crippen molar-refractivity contribution >= 4 is 52.1 Å². The molecule has 146 valence electrons. The van der Waals surface area contributed by atoms with Gasteiger partial charge in [0.15, 0.2) is 11.1 Å². The van der Waals surface area contributed by atoms with Crippen LogP contribution in [0.1, 0.15) is 11.3 Å². The molecule has 6 nitrogen and oxygen atoms in total. The predicted octanol–water partition coefficient (Wildman–Crippen LogP) is 3.07. The number of aliphatic imine (C=N–C) groups is 1. The first kappa shape index (κ1) is 21.5. The summed E-state index contributed by atoms with van der Waals surface area (Å²) in [5.41, 5.74) is 3.51. The van der Waals surface area contributed by atoms with Gasteiger partial charge in [-0.25, -0.2) is 4.98 Å². The number of nitrogens with one attached hydrogen (secondary N) is 2. The fraction of sp³-hybridized carbons (Fsp3) is 0.368. The molecule has 0 saturated carbocycles. The number of hydrogen-bond donors (Lipinski definition) is 2. The molecule has 0 radical (unpaired) electrons. The number of halogens is 1. The van der Waals surface area contributed by atoms with Gasteiger partial charge in [0.2, 0.25) is 0 Å². The Morgan fingerprint density at radius 2 is 1.81 bits per heavy atom. The van der Waals surface area contributed by atoms with Crippen molar-refractivity contribution in [2.24, 2.45) is 4.99 Å². The molecule has 0 saturated heterocycles. The molecule has 0 atom stereocenters. The summed E-state index contributed by atoms with van der Waals surface area (Å²) in [6, 6.07) is 8.69. The monoisotopic (exact) mass is 498 g/mol. The average molecular weight is 498 g/mol. The van der Waals surface area contributed by atoms with Gasteiger partial charge in [-0.15, -0.1) is 35.3 Å². The highest BCUT2D eigenvalue weighted by Crippen LogP contribution is 2.18. The third-order valence-corrected chi connectivity index (χ3v) is 5.22. The lowest BCUT2D eigenvalue weighted by atomic mass is 10.2. The Hall–Kier alpha value is -1.81. The maximum atomic E-state index is 4.57. The fourth-order valence-electron chi connectivity index (χ4n) is 2.68. The largest absolute Gasteiger partial charge is 0.364 e. The highest BCUT2D eigenvalue weighted by atomic mass is 127. The first-order chi connectivity index (χ1) is 12.7. The minimum Gasteiger partial charge on any atom is -0.364 e. The summed E-state index contributed by atoms with van der Waals surface area (Å²) in [6.45, 7) is 3.39. The summed E-state index contributed by atoms with van der Waals surface area (Å²) in [6.07, 6.45) is 4.41. The second kappa shape index (κ2) is 10.5. The molecule has 1 aliphatic rings. The summed E-state index contributed by atoms with van der Waals surface area (Å²) < 4.78 is 0. The van der Waals surface area contributed by atoms with Crippen molar-refractivity contribution < 1.29 is 0 Å². The van der Waals surface area contributed by atoms with E-state index in [9.17, 15) is 0 Å². The number of anilines is 2. The molecule has 3 rings (SSSR count). The third-order valence-electron chi connectivity index (χ3n) is 4.16. The van der Waals surface area contributed by atoms with Gasteiger partial charge in [-0.05, 0) is 17.7 Å². The van der Waals surface area contributed by atoms with Crippen molar-refractivity contribution in [2.45, 2.75) is 13.1 Å². The van der Waals surface area contributed by atoms with Crippen LogP contribution in [0.4, 0.5) is 10.8 Å². The number of benzene rings is 1. The van der Waals surface area contributed by atoms with Crippen LogP contribution in [0, 0.1) is 0 Å². The summed E-state index contributed by atoms with van der Waals surface area (Å²) in [5.74, 6) is 0.775. The normalized spacial score (nSPS) is 13.4. The van der Waals surface area contributed by atoms with Crippen molar-refractivity contribution in [2.75, 3.05) is 44.0 Å². The summed E-state index contributed by atoms with van der Waals surface area (Å²) in [5, 5.41) is 9.75. The fourth-order valence-corrected chi connectivity index (χ4v) is 3.44. The minimum atomic E-state index is 0. The molecular formula is C19H27IN6S. The van der Waals surface area contributed by atoms with Crippen LogP contribution in [-0.2, 0) is 13.1 Å². The lowest BCUT2D eigenvalue weighted by Gasteiger charge is -2.18. The van der Waals surface area contributed by atoms with E-state index in [1.165, 1.54) is 11.3 Å². The van der Waals surface area contributed by atoms with Crippen LogP contribution < -0.4 is 20.4 Å². The quantitative estimate of drug-likeness (QED) is 0.278. The van der Waals surface area contributed by atoms with Gasteiger partial charge in [0.1, 0.15) is 0 Å². The van der Waals surface area contributed by atoms with Crippen LogP contribution in [0.25, 0.3) is 0 Å². The summed E-state index contributed by atoms with van der Waals surface area (Å²) >= 11 is 1.64. The maximum absolute atomic E-state index is 4.57. The van der Waals surface area contributed by atoms with Crippen LogP contribution in [-0.4, -0.2) is 45.2 Å². The molecule has 0 amide bonds. The third kappa shape index (κ3) is 6.10. The molecule has 8 heteroatoms. The number of aromatic nitrogens is 1. The molecule has 1 aromatic heterocycles. The van der Waals surface area contributed by atoms with E-state index in [0.717, 1.165) is 36.4 Å². The van der Waals surface area contributed by atoms with Gasteiger partial charge >= 0.3 is 0 Å². The zero-order valence-electron chi connectivity index (χ0n) is 16.0. The second-order valence-electron chi connectivity index (χ2n) is 6.34. The topological polar surface area (TPSA) is 55.8 Å². The van der Waals surface area contributed by atoms with Gasteiger partial charge in [-0.2, -0.15) is 0 Å². The average Bonchev–Trinajstić information content (AvgIpc) is 3.34. The zero-order chi connectivity index (χ0) is 18.4. The van der Waals surface area contributed by atoms with E-state index in [-0.39, 0.29) is 24.0 Å². The summed E-state index contributed by atoms with van der Waals surface area (Å²) in [4.78, 5) is 13.2. The molecule has 1 aliphatic heterocycles. The van der Waals surface area contributed by atoms with E-state index < -0.39 is 0 Å². The van der Waals surface area contributed by atoms with Crippen LogP contribution in [0.3, 0.4) is 0 Å². The number of hydrogen-bond acceptors (Lipinski definition) is 5. The van der Waals surface area contributed by atoms with Gasteiger partial charge in [-0.1, -0.05) is 24.3 Å². The first-order valence-electron chi connectivity index (χ1n) is 8.71. The van der Waals surface area contributed by atoms with Crippen LogP contribution in [0.15, 0.2) is 46.8 Å². The Balaban J connectivity index is 0.00000261. The minimum absolute atomic E-state index is 0. The Morgan fingerprint density at radius 1 is 1.15 bits per heavy atom. The smallest absolute Gasteiger partial charge is 0.191 e. The predicted molar refractivity (Wildman–Crippen MR) is 127 cm³/mol. The standard InChI is InChI=1S/C19H26N6S.HI/c1-20-18(22-13-16-14-26-19(23-16)24(2)3)21-12-15-6-8-17(9-7-15)25-10-4-5-11-25;/h4-9,14H,10-13H2,1-3H3,(H2,20,21,22);1H. The van der Waals surface area contributed by atoms with Gasteiger partial charge in [0.05, 0.1) is 12.2 Å². The number of thiazole rings is 1. The molecule has 2 N–H and O–H groups in total. The molecule has 0 spiro atoms. The lowest BCUT2D eigenvalue weighted by Crippen LogP contribution is -2.36. The maximum Gasteiger partial charge on any atom is 0.191 e. The second-order valence-corrected chi connectivity index (χ2v) is 7.17. The zero-order valence-corrected chi connectivity index (χ0v) is 19.1. The van der Waals surface area contributed by atoms with Crippen LogP contribution in [0.5, 0.6) is 0 Å². The highest BCUT2D eigenvalue weighted by molar-refractivity contribution is 14.0. The molecule has 2 heterocycles. The van der Waals surface area contributed by atoms with Crippen LogP contribution >= 0.6 is 35.3 Å². The number of guanidine groups is 1. The van der Waals surface area contributed by atoms with Crippen molar-refractivity contribution in [3.63, 3.8) is 0 Å². The molecule has 0 aliphatic carbocycles. The molecule has 27 heavy (non-hydrogen) atoms. The number of nitrogens with zero attached hydrogens (tertiary/aromatic N) is 4. The van der Waals surface area contributed by atoms with E-state index in [1.54, 1.807) is 18.4 Å². The Kier molecular flexibility index (Phi) is 8.36. The number of rotatable bonds is 6. The van der Waals surface area contributed by atoms with Crippen molar-refractivity contribution in [3.05, 3.63) is 53.1 Å². The van der Waals surface area contributed by atoms with Crippen LogP contribution in [0.2, 0.25) is 0 Å². The lowest BCUT2D eigenvalue weighted by molar-refractivity contribution is 0.797. The Labute approximate surface area is 182 Å². The molecule has 1 aromatic carbocycles. The van der Waals surface area contributed by atoms with Gasteiger partial charge in [-0.3, -0.25) is 4.99 Å². The van der Waals surface area contributed by atoms with Crippen molar-refractivity contribution in [3.8, 4) is 0 Å². The SMILES string of the molecule is CN=C(NCc1ccc(N2CC=CC2)cc1)NCc1csc(N(C)C)n1.I. The first-order valence-corrected chi connectivity index (χ1v) is 9.59. The molecular weight excluding hydrogens is 471 g/mol. The Morgan fingerprint density at radius 3 is 2.41 bits per heavy atom. The molecule has 0 fully saturated rings. The molecule has 0 bridgehead atoms. The molecule has 2 aromatic rings. The van der Waals surface area contributed by atoms with Crippen molar-refractivity contribution in [1.29, 1.82) is 0 Å². The van der Waals surface area contributed by atoms with Gasteiger partial charge in [0.25, 0.3) is 0 Å². The van der Waals surface area contributed by atoms with E-state index in [0.29, 0.717) is 6.54 Å². The van der Waals surface area contributed by atoms with Crippen molar-refractivity contribution in [1.82, 2.24) is 15.6 Å². The highest BCUT2D eigenvalue weighted by Gasteiger charge is 2.08. The van der Waals surface area contributed by atoms with E-state index in [4.69, 9.17) is 0 Å². The van der Waals surface area contributed by atoms with E-state index in [1.807, 2.05) is 19.0 Å². The van der Waals surface area contributed by atoms with E-state index >= 15 is 0 Å². The van der Waals surface area contributed by atoms with Gasteiger partial charge < -0.3 is 20.4 Å². The van der Waals surface area contributed by atoms with Gasteiger partial charge in [0, 0.05) is 51.8 Å². The summed E-state index contributed by atoms with van der Waals surface area (Å²) in [7, 11) is 5.79. The van der Waals surface area contributed by atoms with E-state index in [2.05, 4.69) is 67.3 Å². The Bertz CT molecular complexity index is 761. The molecule has 0 unspecified atom stereocenters.